The molecule has 20 heavy (non-hydrogen) atoms. The van der Waals surface area contributed by atoms with Gasteiger partial charge in [-0.2, -0.15) is 13.2 Å². The molecule has 0 radical (unpaired) electrons. The van der Waals surface area contributed by atoms with E-state index in [0.717, 1.165) is 12.0 Å². The Labute approximate surface area is 118 Å². The lowest BCUT2D eigenvalue weighted by Gasteiger charge is -2.38. The highest BCUT2D eigenvalue weighted by molar-refractivity contribution is 5.20. The summed E-state index contributed by atoms with van der Waals surface area (Å²) in [5.74, 6) is -1.54. The monoisotopic (exact) mass is 285 g/mol. The molecule has 3 atom stereocenters. The lowest BCUT2D eigenvalue weighted by molar-refractivity contribution is -0.199. The average Bonchev–Trinajstić information content (AvgIpc) is 2.45. The third kappa shape index (κ3) is 3.54. The number of halogens is 3. The Morgan fingerprint density at radius 1 is 1.15 bits per heavy atom. The van der Waals surface area contributed by atoms with Crippen LogP contribution in [0.15, 0.2) is 30.3 Å². The van der Waals surface area contributed by atoms with Gasteiger partial charge in [-0.15, -0.1) is 0 Å². The zero-order chi connectivity index (χ0) is 14.6. The molecule has 0 heterocycles. The minimum Gasteiger partial charge on any atom is -0.310 e. The van der Waals surface area contributed by atoms with Gasteiger partial charge in [-0.3, -0.25) is 0 Å². The molecule has 4 heteroatoms. The Hall–Kier alpha value is -1.03. The maximum absolute atomic E-state index is 13.3. The van der Waals surface area contributed by atoms with Crippen molar-refractivity contribution in [2.24, 2.45) is 11.8 Å². The van der Waals surface area contributed by atoms with Crippen LogP contribution in [0.3, 0.4) is 0 Å². The Bertz CT molecular complexity index is 402. The summed E-state index contributed by atoms with van der Waals surface area (Å²) in [5, 5.41) is 3.27. The van der Waals surface area contributed by atoms with Crippen molar-refractivity contribution in [2.45, 2.75) is 44.8 Å². The van der Waals surface area contributed by atoms with Crippen molar-refractivity contribution >= 4 is 0 Å². The first-order valence-electron chi connectivity index (χ1n) is 7.39. The third-order valence-corrected chi connectivity index (χ3v) is 4.25. The molecule has 0 amide bonds. The molecule has 1 N–H and O–H groups in total. The van der Waals surface area contributed by atoms with Crippen LogP contribution in [-0.2, 0) is 0 Å². The molecule has 1 nitrogen and oxygen atoms in total. The van der Waals surface area contributed by atoms with Crippen LogP contribution >= 0.6 is 0 Å². The van der Waals surface area contributed by atoms with E-state index >= 15 is 0 Å². The number of hydrogen-bond donors (Lipinski definition) is 1. The zero-order valence-corrected chi connectivity index (χ0v) is 11.8. The van der Waals surface area contributed by atoms with Crippen LogP contribution in [0.5, 0.6) is 0 Å². The van der Waals surface area contributed by atoms with E-state index in [9.17, 15) is 13.2 Å². The van der Waals surface area contributed by atoms with Crippen molar-refractivity contribution in [1.29, 1.82) is 0 Å². The molecule has 1 aromatic rings. The zero-order valence-electron chi connectivity index (χ0n) is 11.8. The van der Waals surface area contributed by atoms with E-state index in [-0.39, 0.29) is 18.4 Å². The summed E-state index contributed by atoms with van der Waals surface area (Å²) in [7, 11) is 0. The van der Waals surface area contributed by atoms with Crippen LogP contribution in [0.1, 0.15) is 44.2 Å². The topological polar surface area (TPSA) is 12.0 Å². The standard InChI is InChI=1S/C16H22F3N/c1-2-20-15(12-8-4-3-5-9-12)13-10-6-7-11-14(13)16(17,18)19/h3-5,8-9,13-15,20H,2,6-7,10-11H2,1H3. The van der Waals surface area contributed by atoms with Crippen molar-refractivity contribution in [3.8, 4) is 0 Å². The second kappa shape index (κ2) is 6.61. The SMILES string of the molecule is CCNC(c1ccccc1)C1CCCCC1C(F)(F)F. The summed E-state index contributed by atoms with van der Waals surface area (Å²) in [6.45, 7) is 2.63. The van der Waals surface area contributed by atoms with E-state index in [1.165, 1.54) is 0 Å². The van der Waals surface area contributed by atoms with Gasteiger partial charge >= 0.3 is 6.18 Å². The summed E-state index contributed by atoms with van der Waals surface area (Å²) < 4.78 is 39.8. The van der Waals surface area contributed by atoms with E-state index in [0.29, 0.717) is 19.4 Å². The molecule has 1 aliphatic rings. The largest absolute Gasteiger partial charge is 0.392 e. The molecular weight excluding hydrogens is 263 g/mol. The van der Waals surface area contributed by atoms with E-state index in [1.807, 2.05) is 37.3 Å². The van der Waals surface area contributed by atoms with Crippen LogP contribution in [0.25, 0.3) is 0 Å². The van der Waals surface area contributed by atoms with Crippen LogP contribution in [0.4, 0.5) is 13.2 Å². The Balaban J connectivity index is 2.26. The predicted octanol–water partition coefficient (Wildman–Crippen LogP) is 4.71. The van der Waals surface area contributed by atoms with Crippen LogP contribution in [0.2, 0.25) is 0 Å². The maximum atomic E-state index is 13.3. The molecule has 0 saturated heterocycles. The van der Waals surface area contributed by atoms with Gasteiger partial charge < -0.3 is 5.32 Å². The highest BCUT2D eigenvalue weighted by Gasteiger charge is 2.47. The average molecular weight is 285 g/mol. The summed E-state index contributed by atoms with van der Waals surface area (Å²) in [6, 6.07) is 9.34. The first-order valence-corrected chi connectivity index (χ1v) is 7.39. The first kappa shape index (κ1) is 15.4. The van der Waals surface area contributed by atoms with Crippen molar-refractivity contribution < 1.29 is 13.2 Å². The Morgan fingerprint density at radius 3 is 2.40 bits per heavy atom. The van der Waals surface area contributed by atoms with Crippen molar-refractivity contribution in [1.82, 2.24) is 5.32 Å². The van der Waals surface area contributed by atoms with Crippen LogP contribution in [-0.4, -0.2) is 12.7 Å². The Kier molecular flexibility index (Phi) is 5.08. The summed E-state index contributed by atoms with van der Waals surface area (Å²) >= 11 is 0. The Morgan fingerprint density at radius 2 is 1.80 bits per heavy atom. The smallest absolute Gasteiger partial charge is 0.310 e. The van der Waals surface area contributed by atoms with Crippen molar-refractivity contribution in [3.05, 3.63) is 35.9 Å². The van der Waals surface area contributed by atoms with Crippen molar-refractivity contribution in [2.75, 3.05) is 6.54 Å². The fourth-order valence-electron chi connectivity index (χ4n) is 3.36. The van der Waals surface area contributed by atoms with Gasteiger partial charge in [0.05, 0.1) is 5.92 Å². The van der Waals surface area contributed by atoms with Gasteiger partial charge in [0.15, 0.2) is 0 Å². The van der Waals surface area contributed by atoms with Gasteiger partial charge in [-0.1, -0.05) is 50.1 Å². The van der Waals surface area contributed by atoms with Crippen LogP contribution < -0.4 is 5.32 Å². The number of hydrogen-bond acceptors (Lipinski definition) is 1. The molecule has 3 unspecified atom stereocenters. The lowest BCUT2D eigenvalue weighted by atomic mass is 9.73. The van der Waals surface area contributed by atoms with E-state index in [2.05, 4.69) is 5.32 Å². The molecule has 1 aromatic carbocycles. The second-order valence-electron chi connectivity index (χ2n) is 5.54. The fraction of sp³-hybridized carbons (Fsp3) is 0.625. The molecule has 0 spiro atoms. The van der Waals surface area contributed by atoms with E-state index in [4.69, 9.17) is 0 Å². The van der Waals surface area contributed by atoms with E-state index in [1.54, 1.807) is 0 Å². The van der Waals surface area contributed by atoms with Gasteiger partial charge in [0, 0.05) is 6.04 Å². The number of nitrogens with one attached hydrogen (secondary N) is 1. The normalized spacial score (nSPS) is 25.4. The third-order valence-electron chi connectivity index (χ3n) is 4.25. The molecule has 0 aromatic heterocycles. The van der Waals surface area contributed by atoms with Gasteiger partial charge in [-0.05, 0) is 30.9 Å². The summed E-state index contributed by atoms with van der Waals surface area (Å²) in [4.78, 5) is 0. The molecule has 2 rings (SSSR count). The molecular formula is C16H22F3N. The minimum atomic E-state index is -4.09. The van der Waals surface area contributed by atoms with Gasteiger partial charge in [0.1, 0.15) is 0 Å². The molecule has 1 saturated carbocycles. The first-order chi connectivity index (χ1) is 9.54. The highest BCUT2D eigenvalue weighted by atomic mass is 19.4. The lowest BCUT2D eigenvalue weighted by Crippen LogP contribution is -2.40. The molecule has 1 aliphatic carbocycles. The molecule has 0 aliphatic heterocycles. The molecule has 1 fully saturated rings. The minimum absolute atomic E-state index is 0.201. The highest BCUT2D eigenvalue weighted by Crippen LogP contribution is 2.46. The summed E-state index contributed by atoms with van der Waals surface area (Å²) in [5.41, 5.74) is 0.968. The number of alkyl halides is 3. The second-order valence-corrected chi connectivity index (χ2v) is 5.54. The fourth-order valence-corrected chi connectivity index (χ4v) is 3.36. The van der Waals surface area contributed by atoms with Crippen LogP contribution in [0, 0.1) is 11.8 Å². The molecule has 112 valence electrons. The predicted molar refractivity (Wildman–Crippen MR) is 74.4 cm³/mol. The van der Waals surface area contributed by atoms with Gasteiger partial charge in [0.25, 0.3) is 0 Å². The summed E-state index contributed by atoms with van der Waals surface area (Å²) in [6.07, 6.45) is -1.59. The molecule has 0 bridgehead atoms. The quantitative estimate of drug-likeness (QED) is 0.845. The van der Waals surface area contributed by atoms with Crippen molar-refractivity contribution in [3.63, 3.8) is 0 Å². The van der Waals surface area contributed by atoms with Gasteiger partial charge in [0.2, 0.25) is 0 Å². The number of rotatable bonds is 4. The van der Waals surface area contributed by atoms with E-state index < -0.39 is 12.1 Å². The number of benzene rings is 1. The van der Waals surface area contributed by atoms with Gasteiger partial charge in [-0.25, -0.2) is 0 Å². The maximum Gasteiger partial charge on any atom is 0.392 e.